The van der Waals surface area contributed by atoms with Gasteiger partial charge in [0.2, 0.25) is 0 Å². The Balaban J connectivity index is 2.01. The van der Waals surface area contributed by atoms with Crippen LogP contribution in [0.2, 0.25) is 0 Å². The summed E-state index contributed by atoms with van der Waals surface area (Å²) in [6.45, 7) is 3.20. The maximum Gasteiger partial charge on any atom is 0.335 e. The molecule has 21 heavy (non-hydrogen) atoms. The van der Waals surface area contributed by atoms with E-state index in [4.69, 9.17) is 24.1 Å². The van der Waals surface area contributed by atoms with Crippen molar-refractivity contribution in [2.75, 3.05) is 46.8 Å². The summed E-state index contributed by atoms with van der Waals surface area (Å²) in [5.74, 6) is -0.448. The molecule has 0 spiro atoms. The molecule has 0 aliphatic rings. The first-order valence-corrected chi connectivity index (χ1v) is 6.84. The van der Waals surface area contributed by atoms with Gasteiger partial charge in [0.25, 0.3) is 0 Å². The highest BCUT2D eigenvalue weighted by atomic mass is 16.5. The molecule has 0 heterocycles. The molecule has 1 rings (SSSR count). The molecule has 0 saturated carbocycles. The van der Waals surface area contributed by atoms with E-state index in [1.165, 1.54) is 12.1 Å². The second-order valence-corrected chi connectivity index (χ2v) is 4.25. The molecule has 0 bridgehead atoms. The second kappa shape index (κ2) is 11.1. The Bertz CT molecular complexity index is 407. The van der Waals surface area contributed by atoms with E-state index in [0.717, 1.165) is 6.42 Å². The lowest BCUT2D eigenvalue weighted by molar-refractivity contribution is 0.0304. The normalized spacial score (nSPS) is 10.5. The Kier molecular flexibility index (Phi) is 9.19. The van der Waals surface area contributed by atoms with Crippen LogP contribution in [-0.2, 0) is 14.2 Å². The van der Waals surface area contributed by atoms with Crippen LogP contribution in [-0.4, -0.2) is 57.8 Å². The van der Waals surface area contributed by atoms with Crippen molar-refractivity contribution >= 4 is 5.97 Å². The topological polar surface area (TPSA) is 74.2 Å². The van der Waals surface area contributed by atoms with Crippen LogP contribution in [0.15, 0.2) is 24.3 Å². The standard InChI is InChI=1S/C15H22O6/c1-18-6-3-7-19-8-9-20-10-11-21-14-5-2-4-13(12-14)15(16)17/h2,4-5,12H,3,6-11H2,1H3,(H,16,17). The first-order chi connectivity index (χ1) is 10.2. The van der Waals surface area contributed by atoms with E-state index in [9.17, 15) is 4.79 Å². The van der Waals surface area contributed by atoms with E-state index in [-0.39, 0.29) is 5.56 Å². The second-order valence-electron chi connectivity index (χ2n) is 4.25. The molecule has 0 fully saturated rings. The molecular formula is C15H22O6. The number of rotatable bonds is 12. The molecule has 1 aromatic rings. The number of hydrogen-bond acceptors (Lipinski definition) is 5. The predicted octanol–water partition coefficient (Wildman–Crippen LogP) is 1.83. The summed E-state index contributed by atoms with van der Waals surface area (Å²) in [6.07, 6.45) is 0.875. The van der Waals surface area contributed by atoms with E-state index in [2.05, 4.69) is 0 Å². The monoisotopic (exact) mass is 298 g/mol. The fourth-order valence-electron chi connectivity index (χ4n) is 1.56. The Morgan fingerprint density at radius 2 is 1.76 bits per heavy atom. The Labute approximate surface area is 124 Å². The zero-order valence-electron chi connectivity index (χ0n) is 12.2. The van der Waals surface area contributed by atoms with E-state index >= 15 is 0 Å². The SMILES string of the molecule is COCCCOCCOCCOc1cccc(C(=O)O)c1. The minimum Gasteiger partial charge on any atom is -0.491 e. The molecule has 118 valence electrons. The molecular weight excluding hydrogens is 276 g/mol. The molecule has 6 heteroatoms. The third kappa shape index (κ3) is 8.29. The molecule has 0 aliphatic heterocycles. The van der Waals surface area contributed by atoms with Crippen molar-refractivity contribution < 1.29 is 28.8 Å². The van der Waals surface area contributed by atoms with Crippen molar-refractivity contribution in [3.05, 3.63) is 29.8 Å². The average molecular weight is 298 g/mol. The van der Waals surface area contributed by atoms with Crippen LogP contribution in [0.1, 0.15) is 16.8 Å². The molecule has 0 unspecified atom stereocenters. The van der Waals surface area contributed by atoms with Crippen molar-refractivity contribution in [2.45, 2.75) is 6.42 Å². The van der Waals surface area contributed by atoms with Gasteiger partial charge in [-0.1, -0.05) is 6.07 Å². The van der Waals surface area contributed by atoms with Gasteiger partial charge < -0.3 is 24.1 Å². The molecule has 0 radical (unpaired) electrons. The molecule has 0 saturated heterocycles. The van der Waals surface area contributed by atoms with Gasteiger partial charge in [0.15, 0.2) is 0 Å². The fraction of sp³-hybridized carbons (Fsp3) is 0.533. The summed E-state index contributed by atoms with van der Waals surface area (Å²) in [5, 5.41) is 8.85. The third-order valence-corrected chi connectivity index (χ3v) is 2.59. The molecule has 0 amide bonds. The highest BCUT2D eigenvalue weighted by Crippen LogP contribution is 2.13. The number of hydrogen-bond donors (Lipinski definition) is 1. The number of benzene rings is 1. The van der Waals surface area contributed by atoms with Gasteiger partial charge in [0.05, 0.1) is 25.4 Å². The first-order valence-electron chi connectivity index (χ1n) is 6.84. The summed E-state index contributed by atoms with van der Waals surface area (Å²) in [6, 6.07) is 6.37. The number of methoxy groups -OCH3 is 1. The highest BCUT2D eigenvalue weighted by Gasteiger charge is 2.03. The molecule has 6 nitrogen and oxygen atoms in total. The van der Waals surface area contributed by atoms with Crippen LogP contribution < -0.4 is 4.74 Å². The van der Waals surface area contributed by atoms with Gasteiger partial charge in [0.1, 0.15) is 12.4 Å². The maximum absolute atomic E-state index is 10.8. The lowest BCUT2D eigenvalue weighted by Gasteiger charge is -2.08. The van der Waals surface area contributed by atoms with Crippen molar-refractivity contribution in [1.82, 2.24) is 0 Å². The molecule has 1 N–H and O–H groups in total. The van der Waals surface area contributed by atoms with E-state index < -0.39 is 5.97 Å². The smallest absolute Gasteiger partial charge is 0.335 e. The number of ether oxygens (including phenoxy) is 4. The molecule has 0 atom stereocenters. The minimum absolute atomic E-state index is 0.206. The van der Waals surface area contributed by atoms with Gasteiger partial charge in [-0.15, -0.1) is 0 Å². The first kappa shape index (κ1) is 17.4. The predicted molar refractivity (Wildman–Crippen MR) is 77.0 cm³/mol. The van der Waals surface area contributed by atoms with Crippen LogP contribution in [0.4, 0.5) is 0 Å². The Hall–Kier alpha value is -1.63. The summed E-state index contributed by atoms with van der Waals surface area (Å²) >= 11 is 0. The van der Waals surface area contributed by atoms with Gasteiger partial charge >= 0.3 is 5.97 Å². The van der Waals surface area contributed by atoms with Gasteiger partial charge in [-0.2, -0.15) is 0 Å². The Morgan fingerprint density at radius 1 is 1.05 bits per heavy atom. The zero-order chi connectivity index (χ0) is 15.3. The summed E-state index contributed by atoms with van der Waals surface area (Å²) in [7, 11) is 1.66. The Morgan fingerprint density at radius 3 is 2.48 bits per heavy atom. The van der Waals surface area contributed by atoms with Crippen molar-refractivity contribution in [1.29, 1.82) is 0 Å². The van der Waals surface area contributed by atoms with Crippen LogP contribution in [0.25, 0.3) is 0 Å². The number of carboxylic acid groups (broad SMARTS) is 1. The summed E-state index contributed by atoms with van der Waals surface area (Å²) in [5.41, 5.74) is 0.206. The fourth-order valence-corrected chi connectivity index (χ4v) is 1.56. The lowest BCUT2D eigenvalue weighted by atomic mass is 10.2. The van der Waals surface area contributed by atoms with Crippen molar-refractivity contribution in [3.8, 4) is 5.75 Å². The van der Waals surface area contributed by atoms with Crippen LogP contribution in [0.5, 0.6) is 5.75 Å². The van der Waals surface area contributed by atoms with Gasteiger partial charge in [0, 0.05) is 20.3 Å². The molecule has 1 aromatic carbocycles. The van der Waals surface area contributed by atoms with Gasteiger partial charge in [-0.3, -0.25) is 0 Å². The average Bonchev–Trinajstić information content (AvgIpc) is 2.49. The lowest BCUT2D eigenvalue weighted by Crippen LogP contribution is -2.11. The minimum atomic E-state index is -0.970. The summed E-state index contributed by atoms with van der Waals surface area (Å²) in [4.78, 5) is 10.8. The molecule has 0 aliphatic carbocycles. The van der Waals surface area contributed by atoms with E-state index in [0.29, 0.717) is 45.4 Å². The van der Waals surface area contributed by atoms with Gasteiger partial charge in [-0.05, 0) is 24.6 Å². The third-order valence-electron chi connectivity index (χ3n) is 2.59. The molecule has 0 aromatic heterocycles. The van der Waals surface area contributed by atoms with Crippen molar-refractivity contribution in [3.63, 3.8) is 0 Å². The van der Waals surface area contributed by atoms with Gasteiger partial charge in [-0.25, -0.2) is 4.79 Å². The van der Waals surface area contributed by atoms with Crippen LogP contribution >= 0.6 is 0 Å². The van der Waals surface area contributed by atoms with Crippen LogP contribution in [0, 0.1) is 0 Å². The van der Waals surface area contributed by atoms with E-state index in [1.807, 2.05) is 0 Å². The zero-order valence-corrected chi connectivity index (χ0v) is 12.2. The number of aromatic carboxylic acids is 1. The van der Waals surface area contributed by atoms with E-state index in [1.54, 1.807) is 19.2 Å². The van der Waals surface area contributed by atoms with Crippen LogP contribution in [0.3, 0.4) is 0 Å². The summed E-state index contributed by atoms with van der Waals surface area (Å²) < 4.78 is 21.0. The highest BCUT2D eigenvalue weighted by molar-refractivity contribution is 5.87. The maximum atomic E-state index is 10.8. The van der Waals surface area contributed by atoms with Crippen molar-refractivity contribution in [2.24, 2.45) is 0 Å². The number of carboxylic acids is 1. The largest absolute Gasteiger partial charge is 0.491 e. The quantitative estimate of drug-likeness (QED) is 0.593. The number of carbonyl (C=O) groups is 1.